The molecule has 0 radical (unpaired) electrons. The van der Waals surface area contributed by atoms with Crippen LogP contribution < -0.4 is 14.8 Å². The molecular weight excluding hydrogens is 312 g/mol. The zero-order valence-corrected chi connectivity index (χ0v) is 13.4. The Morgan fingerprint density at radius 1 is 1.25 bits per heavy atom. The van der Waals surface area contributed by atoms with Crippen LogP contribution in [0.1, 0.15) is 18.5 Å². The van der Waals surface area contributed by atoms with Gasteiger partial charge in [0.05, 0.1) is 18.1 Å². The lowest BCUT2D eigenvalue weighted by molar-refractivity contribution is -0.385. The van der Waals surface area contributed by atoms with Crippen molar-refractivity contribution < 1.29 is 19.2 Å². The van der Waals surface area contributed by atoms with Crippen molar-refractivity contribution >= 4 is 11.6 Å². The van der Waals surface area contributed by atoms with E-state index in [9.17, 15) is 14.9 Å². The summed E-state index contributed by atoms with van der Waals surface area (Å²) < 4.78 is 10.3. The zero-order valence-electron chi connectivity index (χ0n) is 13.4. The van der Waals surface area contributed by atoms with Gasteiger partial charge in [0.25, 0.3) is 5.91 Å². The van der Waals surface area contributed by atoms with Crippen LogP contribution in [0.15, 0.2) is 48.5 Å². The first-order valence-electron chi connectivity index (χ1n) is 7.31. The molecule has 7 heteroatoms. The fraction of sp³-hybridized carbons (Fsp3) is 0.235. The third kappa shape index (κ3) is 4.45. The van der Waals surface area contributed by atoms with Crippen molar-refractivity contribution in [2.75, 3.05) is 13.7 Å². The topological polar surface area (TPSA) is 90.7 Å². The van der Waals surface area contributed by atoms with Gasteiger partial charge in [-0.15, -0.1) is 0 Å². The van der Waals surface area contributed by atoms with Crippen LogP contribution in [0.25, 0.3) is 0 Å². The average molecular weight is 330 g/mol. The van der Waals surface area contributed by atoms with Crippen molar-refractivity contribution in [2.24, 2.45) is 0 Å². The van der Waals surface area contributed by atoms with Gasteiger partial charge in [-0.1, -0.05) is 30.3 Å². The Kier molecular flexibility index (Phi) is 5.73. The van der Waals surface area contributed by atoms with Gasteiger partial charge in [-0.2, -0.15) is 0 Å². The summed E-state index contributed by atoms with van der Waals surface area (Å²) in [7, 11) is 1.33. The van der Waals surface area contributed by atoms with Crippen LogP contribution >= 0.6 is 0 Å². The second-order valence-electron chi connectivity index (χ2n) is 5.08. The molecule has 2 aromatic rings. The number of hydrogen-bond donors (Lipinski definition) is 1. The number of hydrogen-bond acceptors (Lipinski definition) is 5. The van der Waals surface area contributed by atoms with Gasteiger partial charge in [0, 0.05) is 12.1 Å². The monoisotopic (exact) mass is 330 g/mol. The van der Waals surface area contributed by atoms with E-state index in [1.165, 1.54) is 25.3 Å². The van der Waals surface area contributed by atoms with Crippen LogP contribution in [-0.4, -0.2) is 24.5 Å². The van der Waals surface area contributed by atoms with Gasteiger partial charge in [-0.3, -0.25) is 14.9 Å². The number of benzene rings is 2. The Morgan fingerprint density at radius 3 is 2.58 bits per heavy atom. The van der Waals surface area contributed by atoms with Crippen LogP contribution in [0.5, 0.6) is 11.5 Å². The highest BCUT2D eigenvalue weighted by molar-refractivity contribution is 5.78. The third-order valence-electron chi connectivity index (χ3n) is 3.39. The Labute approximate surface area is 139 Å². The minimum Gasteiger partial charge on any atom is -0.490 e. The second kappa shape index (κ2) is 7.96. The molecule has 0 spiro atoms. The number of nitro benzene ring substituents is 1. The van der Waals surface area contributed by atoms with Gasteiger partial charge < -0.3 is 14.8 Å². The van der Waals surface area contributed by atoms with E-state index in [0.29, 0.717) is 5.75 Å². The molecule has 24 heavy (non-hydrogen) atoms. The van der Waals surface area contributed by atoms with Crippen molar-refractivity contribution in [2.45, 2.75) is 13.0 Å². The maximum atomic E-state index is 12.0. The van der Waals surface area contributed by atoms with E-state index in [1.807, 2.05) is 37.3 Å². The van der Waals surface area contributed by atoms with E-state index < -0.39 is 4.92 Å². The van der Waals surface area contributed by atoms with Gasteiger partial charge in [-0.25, -0.2) is 0 Å². The first kappa shape index (κ1) is 17.3. The summed E-state index contributed by atoms with van der Waals surface area (Å²) in [6, 6.07) is 13.5. The van der Waals surface area contributed by atoms with E-state index in [-0.39, 0.29) is 30.0 Å². The highest BCUT2D eigenvalue weighted by atomic mass is 16.6. The van der Waals surface area contributed by atoms with Gasteiger partial charge in [-0.05, 0) is 18.6 Å². The molecule has 1 N–H and O–H groups in total. The molecule has 2 rings (SSSR count). The largest absolute Gasteiger partial charge is 0.490 e. The SMILES string of the molecule is COc1cc(OCC(=O)N[C@@H](C)c2ccccc2)ccc1[N+](=O)[O-]. The third-order valence-corrected chi connectivity index (χ3v) is 3.39. The van der Waals surface area contributed by atoms with E-state index in [2.05, 4.69) is 5.32 Å². The summed E-state index contributed by atoms with van der Waals surface area (Å²) in [4.78, 5) is 22.2. The predicted molar refractivity (Wildman–Crippen MR) is 88.1 cm³/mol. The minimum atomic E-state index is -0.545. The van der Waals surface area contributed by atoms with Crippen LogP contribution in [0.2, 0.25) is 0 Å². The summed E-state index contributed by atoms with van der Waals surface area (Å²) >= 11 is 0. The molecule has 1 atom stereocenters. The molecule has 1 amide bonds. The van der Waals surface area contributed by atoms with Crippen molar-refractivity contribution in [1.29, 1.82) is 0 Å². The normalized spacial score (nSPS) is 11.4. The molecule has 0 unspecified atom stereocenters. The number of nitrogens with one attached hydrogen (secondary N) is 1. The number of rotatable bonds is 7. The average Bonchev–Trinajstić information content (AvgIpc) is 2.60. The molecule has 0 fully saturated rings. The molecule has 0 heterocycles. The molecule has 0 bridgehead atoms. The molecule has 2 aromatic carbocycles. The van der Waals surface area contributed by atoms with Gasteiger partial charge in [0.2, 0.25) is 5.75 Å². The first-order valence-corrected chi connectivity index (χ1v) is 7.31. The fourth-order valence-corrected chi connectivity index (χ4v) is 2.16. The van der Waals surface area contributed by atoms with Crippen molar-refractivity contribution in [3.05, 3.63) is 64.2 Å². The minimum absolute atomic E-state index is 0.0792. The van der Waals surface area contributed by atoms with Crippen LogP contribution in [0, 0.1) is 10.1 Å². The number of ether oxygens (including phenoxy) is 2. The molecular formula is C17H18N2O5. The number of carbonyl (C=O) groups is 1. The molecule has 7 nitrogen and oxygen atoms in total. The highest BCUT2D eigenvalue weighted by Crippen LogP contribution is 2.30. The van der Waals surface area contributed by atoms with Crippen LogP contribution in [0.4, 0.5) is 5.69 Å². The van der Waals surface area contributed by atoms with Crippen molar-refractivity contribution in [3.63, 3.8) is 0 Å². The summed E-state index contributed by atoms with van der Waals surface area (Å²) in [5.41, 5.74) is 0.829. The van der Waals surface area contributed by atoms with E-state index in [4.69, 9.17) is 9.47 Å². The number of carbonyl (C=O) groups excluding carboxylic acids is 1. The predicted octanol–water partition coefficient (Wildman–Crippen LogP) is 2.86. The van der Waals surface area contributed by atoms with E-state index in [0.717, 1.165) is 5.56 Å². The second-order valence-corrected chi connectivity index (χ2v) is 5.08. The molecule has 0 aliphatic carbocycles. The highest BCUT2D eigenvalue weighted by Gasteiger charge is 2.16. The van der Waals surface area contributed by atoms with Gasteiger partial charge in [0.1, 0.15) is 5.75 Å². The van der Waals surface area contributed by atoms with Crippen LogP contribution in [-0.2, 0) is 4.79 Å². The summed E-state index contributed by atoms with van der Waals surface area (Å²) in [6.07, 6.45) is 0. The lowest BCUT2D eigenvalue weighted by Gasteiger charge is -2.14. The Bertz CT molecular complexity index is 718. The first-order chi connectivity index (χ1) is 11.5. The maximum Gasteiger partial charge on any atom is 0.311 e. The molecule has 0 saturated carbocycles. The number of nitrogens with zero attached hydrogens (tertiary/aromatic N) is 1. The molecule has 0 aromatic heterocycles. The standard InChI is InChI=1S/C17H18N2O5/c1-12(13-6-4-3-5-7-13)18-17(20)11-24-14-8-9-15(19(21)22)16(10-14)23-2/h3-10,12H,11H2,1-2H3,(H,18,20)/t12-/m0/s1. The smallest absolute Gasteiger partial charge is 0.311 e. The Morgan fingerprint density at radius 2 is 1.96 bits per heavy atom. The fourth-order valence-electron chi connectivity index (χ4n) is 2.16. The number of amides is 1. The summed E-state index contributed by atoms with van der Waals surface area (Å²) in [6.45, 7) is 1.68. The Balaban J connectivity index is 1.93. The molecule has 126 valence electrons. The zero-order chi connectivity index (χ0) is 17.5. The molecule has 0 saturated heterocycles. The molecule has 0 aliphatic rings. The Hall–Kier alpha value is -3.09. The number of nitro groups is 1. The van der Waals surface area contributed by atoms with Crippen LogP contribution in [0.3, 0.4) is 0 Å². The van der Waals surface area contributed by atoms with E-state index >= 15 is 0 Å². The molecule has 0 aliphatic heterocycles. The number of methoxy groups -OCH3 is 1. The summed E-state index contributed by atoms with van der Waals surface area (Å²) in [5.74, 6) is 0.110. The maximum absolute atomic E-state index is 12.0. The van der Waals surface area contributed by atoms with Gasteiger partial charge >= 0.3 is 5.69 Å². The van der Waals surface area contributed by atoms with Gasteiger partial charge in [0.15, 0.2) is 6.61 Å². The van der Waals surface area contributed by atoms with Crippen molar-refractivity contribution in [1.82, 2.24) is 5.32 Å². The lowest BCUT2D eigenvalue weighted by atomic mass is 10.1. The summed E-state index contributed by atoms with van der Waals surface area (Å²) in [5, 5.41) is 13.7. The quantitative estimate of drug-likeness (QED) is 0.622. The van der Waals surface area contributed by atoms with Crippen molar-refractivity contribution in [3.8, 4) is 11.5 Å². The lowest BCUT2D eigenvalue weighted by Crippen LogP contribution is -2.31. The van der Waals surface area contributed by atoms with E-state index in [1.54, 1.807) is 0 Å².